The first-order valence-corrected chi connectivity index (χ1v) is 20.5. The molecule has 3 heterocycles. The Bertz CT molecular complexity index is 2120. The van der Waals surface area contributed by atoms with E-state index in [0.29, 0.717) is 31.9 Å². The van der Waals surface area contributed by atoms with Crippen molar-refractivity contribution in [2.45, 2.75) is 83.0 Å². The number of nitrogens with zero attached hydrogens (tertiary/aromatic N) is 4. The summed E-state index contributed by atoms with van der Waals surface area (Å²) >= 11 is 0. The standard InChI is InChI=1S/C41H51N5O7S/c1-25-12-16-34-29(19-25)10-8-18-41(34)23-46-21-31-13-15-32(31)36(53-28(4)47)11-7-9-26(2)27(3)54(50,44-39(49)33-22-45(5)42-40(33)51-6)43-38(48)30-14-17-37(52-24-41)35(46)20-30/h7,11-12,14,16-17,19-20,22,26-27,31-32,36H,8-10,13,15,18,21,23-24H2,1-6H3,(H,43,44,48,49,50)/b11-7+/t26-,27+,31-,32+,36-,41-,54?/m0/s1. The van der Waals surface area contributed by atoms with Gasteiger partial charge < -0.3 is 19.1 Å². The van der Waals surface area contributed by atoms with Crippen molar-refractivity contribution in [2.24, 2.45) is 29.2 Å². The molecule has 1 unspecified atom stereocenters. The lowest BCUT2D eigenvalue weighted by Crippen LogP contribution is -2.49. The molecule has 0 saturated heterocycles. The molecule has 54 heavy (non-hydrogen) atoms. The predicted octanol–water partition coefficient (Wildman–Crippen LogP) is 6.11. The summed E-state index contributed by atoms with van der Waals surface area (Å²) < 4.78 is 41.3. The summed E-state index contributed by atoms with van der Waals surface area (Å²) in [7, 11) is -0.689. The molecule has 13 heteroatoms. The van der Waals surface area contributed by atoms with Crippen LogP contribution in [0.5, 0.6) is 11.6 Å². The Morgan fingerprint density at radius 1 is 1.13 bits per heavy atom. The number of methoxy groups -OCH3 is 1. The van der Waals surface area contributed by atoms with E-state index < -0.39 is 33.1 Å². The van der Waals surface area contributed by atoms with Crippen molar-refractivity contribution in [3.05, 3.63) is 82.6 Å². The van der Waals surface area contributed by atoms with Gasteiger partial charge in [-0.05, 0) is 99.6 Å². The van der Waals surface area contributed by atoms with Crippen molar-refractivity contribution >= 4 is 33.4 Å². The number of hydrogen-bond donors (Lipinski definition) is 1. The number of anilines is 1. The number of hydrogen-bond acceptors (Lipinski definition) is 9. The van der Waals surface area contributed by atoms with Gasteiger partial charge in [-0.3, -0.25) is 23.8 Å². The van der Waals surface area contributed by atoms with Gasteiger partial charge in [0, 0.05) is 50.2 Å². The Hall–Kier alpha value is -4.65. The molecule has 2 aromatic carbocycles. The second-order valence-corrected chi connectivity index (χ2v) is 18.0. The molecule has 3 aromatic rings. The lowest BCUT2D eigenvalue weighted by atomic mass is 9.68. The van der Waals surface area contributed by atoms with Gasteiger partial charge in [0.25, 0.3) is 11.8 Å². The minimum Gasteiger partial charge on any atom is -0.490 e. The number of aryl methyl sites for hydroxylation is 3. The molecule has 2 bridgehead atoms. The Morgan fingerprint density at radius 3 is 2.69 bits per heavy atom. The Morgan fingerprint density at radius 2 is 1.94 bits per heavy atom. The molecule has 1 N–H and O–H groups in total. The number of benzene rings is 2. The number of aromatic nitrogens is 2. The Balaban J connectivity index is 1.34. The van der Waals surface area contributed by atoms with Crippen molar-refractivity contribution in [1.82, 2.24) is 14.5 Å². The topological polar surface area (TPSA) is 141 Å². The van der Waals surface area contributed by atoms with Crippen LogP contribution in [0.15, 0.2) is 59.1 Å². The van der Waals surface area contributed by atoms with Crippen LogP contribution in [0.25, 0.3) is 0 Å². The average molecular weight is 758 g/mol. The van der Waals surface area contributed by atoms with Crippen LogP contribution in [-0.4, -0.2) is 69.9 Å². The largest absolute Gasteiger partial charge is 0.490 e. The number of allylic oxidation sites excluding steroid dienone is 1. The Labute approximate surface area is 317 Å². The van der Waals surface area contributed by atoms with Crippen molar-refractivity contribution in [1.29, 1.82) is 0 Å². The van der Waals surface area contributed by atoms with Crippen LogP contribution in [0.4, 0.5) is 5.69 Å². The summed E-state index contributed by atoms with van der Waals surface area (Å²) in [4.78, 5) is 42.6. The van der Waals surface area contributed by atoms with Gasteiger partial charge in [-0.2, -0.15) is 0 Å². The number of carbonyl (C=O) groups is 3. The van der Waals surface area contributed by atoms with Crippen LogP contribution in [0.1, 0.15) is 90.3 Å². The number of esters is 1. The van der Waals surface area contributed by atoms with Crippen molar-refractivity contribution < 1.29 is 32.8 Å². The fraction of sp³-hybridized carbons (Fsp3) is 0.512. The van der Waals surface area contributed by atoms with Crippen LogP contribution in [-0.2, 0) is 38.3 Å². The van der Waals surface area contributed by atoms with E-state index in [4.69, 9.17) is 14.2 Å². The smallest absolute Gasteiger partial charge is 0.303 e. The molecule has 0 radical (unpaired) electrons. The maximum Gasteiger partial charge on any atom is 0.303 e. The molecule has 2 aliphatic carbocycles. The molecule has 7 rings (SSSR count). The third-order valence-corrected chi connectivity index (χ3v) is 14.3. The second kappa shape index (κ2) is 14.9. The minimum absolute atomic E-state index is 0.0614. The molecule has 1 saturated carbocycles. The van der Waals surface area contributed by atoms with E-state index >= 15 is 0 Å². The van der Waals surface area contributed by atoms with Crippen LogP contribution in [0.2, 0.25) is 0 Å². The number of nitrogens with one attached hydrogen (secondary N) is 1. The van der Waals surface area contributed by atoms with Crippen LogP contribution in [0, 0.1) is 24.7 Å². The number of amides is 2. The molecule has 1 spiro atoms. The molecule has 4 aliphatic rings. The zero-order chi connectivity index (χ0) is 38.4. The summed E-state index contributed by atoms with van der Waals surface area (Å²) in [6, 6.07) is 12.0. The first kappa shape index (κ1) is 37.7. The average Bonchev–Trinajstić information content (AvgIpc) is 3.44. The van der Waals surface area contributed by atoms with Gasteiger partial charge in [-0.15, -0.1) is 9.46 Å². The zero-order valence-electron chi connectivity index (χ0n) is 32.0. The third-order valence-electron chi connectivity index (χ3n) is 12.0. The van der Waals surface area contributed by atoms with E-state index in [1.807, 2.05) is 25.1 Å². The van der Waals surface area contributed by atoms with Crippen molar-refractivity contribution in [2.75, 3.05) is 31.7 Å². The van der Waals surface area contributed by atoms with Gasteiger partial charge in [0.2, 0.25) is 5.88 Å². The highest BCUT2D eigenvalue weighted by molar-refractivity contribution is 7.93. The highest BCUT2D eigenvalue weighted by atomic mass is 32.2. The molecule has 1 fully saturated rings. The van der Waals surface area contributed by atoms with Gasteiger partial charge in [-0.1, -0.05) is 36.8 Å². The summed E-state index contributed by atoms with van der Waals surface area (Å²) in [5.41, 5.74) is 4.70. The number of ether oxygens (including phenoxy) is 3. The molecular formula is C41H51N5O7S. The highest BCUT2D eigenvalue weighted by Gasteiger charge is 2.45. The fourth-order valence-electron chi connectivity index (χ4n) is 8.68. The molecule has 288 valence electrons. The van der Waals surface area contributed by atoms with E-state index in [1.165, 1.54) is 41.6 Å². The van der Waals surface area contributed by atoms with Crippen molar-refractivity contribution in [3.63, 3.8) is 0 Å². The normalized spacial score (nSPS) is 30.0. The third kappa shape index (κ3) is 7.26. The van der Waals surface area contributed by atoms with E-state index in [0.717, 1.165) is 37.8 Å². The quantitative estimate of drug-likeness (QED) is 0.247. The van der Waals surface area contributed by atoms with E-state index in [1.54, 1.807) is 26.1 Å². The van der Waals surface area contributed by atoms with Gasteiger partial charge in [0.05, 0.1) is 24.7 Å². The van der Waals surface area contributed by atoms with Gasteiger partial charge in [-0.25, -0.2) is 4.21 Å². The van der Waals surface area contributed by atoms with Gasteiger partial charge in [0.15, 0.2) is 0 Å². The van der Waals surface area contributed by atoms with Crippen LogP contribution in [0.3, 0.4) is 0 Å². The summed E-state index contributed by atoms with van der Waals surface area (Å²) in [5.74, 6) is -0.988. The molecular weight excluding hydrogens is 707 g/mol. The predicted molar refractivity (Wildman–Crippen MR) is 206 cm³/mol. The maximum absolute atomic E-state index is 14.9. The maximum atomic E-state index is 14.9. The van der Waals surface area contributed by atoms with E-state index in [-0.39, 0.29) is 46.1 Å². The number of carbonyl (C=O) groups excluding carboxylic acids is 3. The lowest BCUT2D eigenvalue weighted by molar-refractivity contribution is -0.149. The first-order chi connectivity index (χ1) is 25.8. The summed E-state index contributed by atoms with van der Waals surface area (Å²) in [5, 5.41) is 3.40. The Kier molecular flexibility index (Phi) is 10.4. The SMILES string of the molecule is COc1nn(C)cc1C(=O)NS1(=O)=NC(=O)c2ccc3c(c2)N(C[C@@H]2CC[C@H]2[C@@H](OC(C)=O)/C=C/C[C@H](C)[C@H]1C)C[C@@]1(CCCc2cc(C)ccc21)CO3. The van der Waals surface area contributed by atoms with E-state index in [2.05, 4.69) is 44.2 Å². The molecule has 12 nitrogen and oxygen atoms in total. The lowest BCUT2D eigenvalue weighted by Gasteiger charge is -2.46. The molecule has 1 aromatic heterocycles. The monoisotopic (exact) mass is 757 g/mol. The first-order valence-electron chi connectivity index (χ1n) is 18.9. The number of fused-ring (bicyclic) bond motifs is 4. The summed E-state index contributed by atoms with van der Waals surface area (Å²) in [6.07, 6.45) is 10.3. The molecule has 7 atom stereocenters. The zero-order valence-corrected chi connectivity index (χ0v) is 32.8. The second-order valence-electron chi connectivity index (χ2n) is 15.7. The van der Waals surface area contributed by atoms with Crippen LogP contribution < -0.4 is 19.1 Å². The highest BCUT2D eigenvalue weighted by Crippen LogP contribution is 2.47. The van der Waals surface area contributed by atoms with Crippen LogP contribution >= 0.6 is 0 Å². The van der Waals surface area contributed by atoms with Gasteiger partial charge >= 0.3 is 5.97 Å². The molecule has 2 amide bonds. The van der Waals surface area contributed by atoms with Gasteiger partial charge in [0.1, 0.15) is 27.3 Å². The van der Waals surface area contributed by atoms with Crippen molar-refractivity contribution in [3.8, 4) is 11.6 Å². The van der Waals surface area contributed by atoms with E-state index in [9.17, 15) is 18.6 Å². The number of rotatable bonds is 4. The minimum atomic E-state index is -3.73. The fourth-order valence-corrected chi connectivity index (χ4v) is 10.5. The summed E-state index contributed by atoms with van der Waals surface area (Å²) in [6.45, 7) is 9.04. The molecule has 2 aliphatic heterocycles.